The zero-order valence-corrected chi connectivity index (χ0v) is 21.7. The highest BCUT2D eigenvalue weighted by Crippen LogP contribution is 2.44. The Balaban J connectivity index is 1.97. The van der Waals surface area contributed by atoms with Crippen LogP contribution in [0.3, 0.4) is 0 Å². The highest BCUT2D eigenvalue weighted by molar-refractivity contribution is 5.86. The van der Waals surface area contributed by atoms with Gasteiger partial charge in [-0.05, 0) is 63.8 Å². The Morgan fingerprint density at radius 1 is 1.03 bits per heavy atom. The number of hydrogen-bond donors (Lipinski definition) is 1. The van der Waals surface area contributed by atoms with Crippen LogP contribution in [0.5, 0.6) is 5.75 Å². The largest absolute Gasteiger partial charge is 0.491 e. The van der Waals surface area contributed by atoms with Gasteiger partial charge in [-0.3, -0.25) is 0 Å². The summed E-state index contributed by atoms with van der Waals surface area (Å²) in [6, 6.07) is 9.25. The van der Waals surface area contributed by atoms with E-state index < -0.39 is 0 Å². The number of rotatable bonds is 3. The number of fused-ring (bicyclic) bond motifs is 14. The van der Waals surface area contributed by atoms with Crippen molar-refractivity contribution in [3.63, 3.8) is 0 Å². The molecule has 3 aliphatic rings. The molecule has 4 rings (SSSR count). The maximum atomic E-state index is 10.1. The summed E-state index contributed by atoms with van der Waals surface area (Å²) in [7, 11) is 2.29. The van der Waals surface area contributed by atoms with E-state index in [4.69, 9.17) is 4.74 Å². The maximum Gasteiger partial charge on any atom is 0.119 e. The molecule has 3 fully saturated rings. The van der Waals surface area contributed by atoms with Gasteiger partial charge in [-0.25, -0.2) is 0 Å². The minimum absolute atomic E-state index is 0.0335. The first-order valence-corrected chi connectivity index (χ1v) is 13.6. The fourth-order valence-corrected chi connectivity index (χ4v) is 6.27. The first kappa shape index (κ1) is 26.1. The predicted octanol–water partition coefficient (Wildman–Crippen LogP) is 7.58. The highest BCUT2D eigenvalue weighted by atomic mass is 16.5. The average molecular weight is 457 g/mol. The molecular weight excluding hydrogens is 408 g/mol. The van der Waals surface area contributed by atoms with Crippen LogP contribution < -0.4 is 4.74 Å². The lowest BCUT2D eigenvalue weighted by molar-refractivity contribution is 0.136. The number of ether oxygens (including phenoxy) is 1. The minimum atomic E-state index is -0.0335. The molecule has 1 aromatic rings. The summed E-state index contributed by atoms with van der Waals surface area (Å²) < 4.78 is 6.09. The van der Waals surface area contributed by atoms with Gasteiger partial charge in [-0.2, -0.15) is 0 Å². The van der Waals surface area contributed by atoms with E-state index in [2.05, 4.69) is 62.1 Å². The van der Waals surface area contributed by atoms with Gasteiger partial charge in [0, 0.05) is 24.4 Å². The molecule has 1 aromatic carbocycles. The molecule has 186 valence electrons. The molecule has 2 aliphatic heterocycles. The molecule has 3 unspecified atom stereocenters. The van der Waals surface area contributed by atoms with Gasteiger partial charge in [0.2, 0.25) is 0 Å². The Kier molecular flexibility index (Phi) is 10.1. The van der Waals surface area contributed by atoms with E-state index in [9.17, 15) is 5.21 Å². The first-order chi connectivity index (χ1) is 15.9. The maximum absolute atomic E-state index is 10.1. The average Bonchev–Trinajstić information content (AvgIpc) is 2.78. The third kappa shape index (κ3) is 7.21. The molecule has 2 saturated heterocycles. The van der Waals surface area contributed by atoms with Crippen LogP contribution in [-0.4, -0.2) is 41.6 Å². The van der Waals surface area contributed by atoms with Crippen molar-refractivity contribution >= 4 is 5.71 Å². The second kappa shape index (κ2) is 12.8. The first-order valence-electron chi connectivity index (χ1n) is 13.6. The Hall–Kier alpha value is -1.55. The van der Waals surface area contributed by atoms with Crippen molar-refractivity contribution in [3.05, 3.63) is 29.8 Å². The molecule has 1 N–H and O–H groups in total. The Labute approximate surface area is 202 Å². The topological polar surface area (TPSA) is 45.1 Å². The van der Waals surface area contributed by atoms with Crippen molar-refractivity contribution in [2.24, 2.45) is 11.1 Å². The third-order valence-corrected chi connectivity index (χ3v) is 8.20. The van der Waals surface area contributed by atoms with Crippen LogP contribution in [0, 0.1) is 5.92 Å². The molecule has 33 heavy (non-hydrogen) atoms. The lowest BCUT2D eigenvalue weighted by atomic mass is 9.63. The van der Waals surface area contributed by atoms with Gasteiger partial charge in [0.15, 0.2) is 0 Å². The van der Waals surface area contributed by atoms with Crippen molar-refractivity contribution in [3.8, 4) is 5.75 Å². The molecule has 4 nitrogen and oxygen atoms in total. The Bertz CT molecular complexity index is 747. The molecule has 4 heteroatoms. The third-order valence-electron chi connectivity index (χ3n) is 8.20. The minimum Gasteiger partial charge on any atom is -0.491 e. The summed E-state index contributed by atoms with van der Waals surface area (Å²) in [6.45, 7) is 7.67. The normalized spacial score (nSPS) is 30.4. The van der Waals surface area contributed by atoms with E-state index in [0.717, 1.165) is 37.3 Å². The molecule has 1 saturated carbocycles. The Morgan fingerprint density at radius 3 is 2.36 bits per heavy atom. The summed E-state index contributed by atoms with van der Waals surface area (Å²) in [5.74, 6) is 1.41. The van der Waals surface area contributed by atoms with E-state index in [1.807, 2.05) is 0 Å². The molecule has 2 bridgehead atoms. The van der Waals surface area contributed by atoms with Crippen LogP contribution in [0.15, 0.2) is 29.4 Å². The fourth-order valence-electron chi connectivity index (χ4n) is 6.27. The van der Waals surface area contributed by atoms with Crippen LogP contribution in [0.2, 0.25) is 0 Å². The monoisotopic (exact) mass is 456 g/mol. The summed E-state index contributed by atoms with van der Waals surface area (Å²) in [5, 5.41) is 14.0. The van der Waals surface area contributed by atoms with Gasteiger partial charge in [0.1, 0.15) is 5.75 Å². The van der Waals surface area contributed by atoms with E-state index in [0.29, 0.717) is 12.0 Å². The van der Waals surface area contributed by atoms with Crippen molar-refractivity contribution in [1.82, 2.24) is 4.90 Å². The van der Waals surface area contributed by atoms with Gasteiger partial charge < -0.3 is 14.8 Å². The molecule has 0 aromatic heterocycles. The summed E-state index contributed by atoms with van der Waals surface area (Å²) in [5.41, 5.74) is 2.29. The van der Waals surface area contributed by atoms with Gasteiger partial charge >= 0.3 is 0 Å². The molecule has 0 amide bonds. The van der Waals surface area contributed by atoms with Crippen LogP contribution in [0.1, 0.15) is 110 Å². The summed E-state index contributed by atoms with van der Waals surface area (Å²) >= 11 is 0. The molecule has 0 radical (unpaired) electrons. The van der Waals surface area contributed by atoms with Crippen LogP contribution >= 0.6 is 0 Å². The fraction of sp³-hybridized carbons (Fsp3) is 0.759. The molecule has 2 heterocycles. The molecule has 0 spiro atoms. The van der Waals surface area contributed by atoms with E-state index in [1.165, 1.54) is 69.8 Å². The lowest BCUT2D eigenvalue weighted by Gasteiger charge is -2.46. The quantitative estimate of drug-likeness (QED) is 0.377. The zero-order valence-electron chi connectivity index (χ0n) is 21.7. The molecule has 3 atom stereocenters. The van der Waals surface area contributed by atoms with Crippen LogP contribution in [0.4, 0.5) is 0 Å². The van der Waals surface area contributed by atoms with Gasteiger partial charge in [0.25, 0.3) is 0 Å². The molecule has 1 aliphatic carbocycles. The number of nitrogens with zero attached hydrogens (tertiary/aromatic N) is 2. The number of oxime groups is 1. The second-order valence-corrected chi connectivity index (χ2v) is 11.1. The van der Waals surface area contributed by atoms with Crippen LogP contribution in [0.25, 0.3) is 0 Å². The number of benzene rings is 1. The summed E-state index contributed by atoms with van der Waals surface area (Å²) in [6.07, 6.45) is 16.2. The predicted molar refractivity (Wildman–Crippen MR) is 139 cm³/mol. The van der Waals surface area contributed by atoms with Crippen molar-refractivity contribution in [1.29, 1.82) is 0 Å². The van der Waals surface area contributed by atoms with Gasteiger partial charge in [-0.15, -0.1) is 0 Å². The standard InChI is InChI=1S/C29H48N2O2/c1-23(2)33-28-17-14-15-25(19-28)29-18-13-11-9-7-5-6-8-10-12-16-27(20-26(21-29)30-32)31(4)22-24(29)3/h14-15,17,19,23-24,27,32H,5-13,16,18,20-22H2,1-4H3. The van der Waals surface area contributed by atoms with Crippen molar-refractivity contribution in [2.45, 2.75) is 122 Å². The summed E-state index contributed by atoms with van der Waals surface area (Å²) in [4.78, 5) is 2.56. The smallest absolute Gasteiger partial charge is 0.119 e. The van der Waals surface area contributed by atoms with Crippen molar-refractivity contribution in [2.75, 3.05) is 13.6 Å². The van der Waals surface area contributed by atoms with E-state index in [-0.39, 0.29) is 11.5 Å². The highest BCUT2D eigenvalue weighted by Gasteiger charge is 2.42. The molecular formula is C29H48N2O2. The zero-order chi connectivity index (χ0) is 23.7. The SMILES string of the molecule is CC(C)Oc1cccc(C23CCCCCCCCCCCC(CC(=NO)C2)N(C)CC3C)c1. The van der Waals surface area contributed by atoms with Gasteiger partial charge in [-0.1, -0.05) is 82.0 Å². The van der Waals surface area contributed by atoms with E-state index >= 15 is 0 Å². The van der Waals surface area contributed by atoms with Crippen LogP contribution in [-0.2, 0) is 5.41 Å². The van der Waals surface area contributed by atoms with Crippen molar-refractivity contribution < 1.29 is 9.94 Å². The van der Waals surface area contributed by atoms with Gasteiger partial charge in [0.05, 0.1) is 11.8 Å². The lowest BCUT2D eigenvalue weighted by Crippen LogP contribution is -2.48. The van der Waals surface area contributed by atoms with E-state index in [1.54, 1.807) is 0 Å². The second-order valence-electron chi connectivity index (χ2n) is 11.1. The Morgan fingerprint density at radius 2 is 1.70 bits per heavy atom. The number of hydrogen-bond acceptors (Lipinski definition) is 4.